The van der Waals surface area contributed by atoms with Gasteiger partial charge in [-0.05, 0) is 17.7 Å². The highest BCUT2D eigenvalue weighted by atomic mass is 32.2. The topological polar surface area (TPSA) is 85.8 Å². The van der Waals surface area contributed by atoms with Crippen LogP contribution in [0.4, 0.5) is 5.82 Å². The summed E-state index contributed by atoms with van der Waals surface area (Å²) in [7, 11) is 0. The summed E-state index contributed by atoms with van der Waals surface area (Å²) in [5, 5.41) is 16.2. The Kier molecular flexibility index (Phi) is 6.41. The Hall–Kier alpha value is -3.39. The predicted molar refractivity (Wildman–Crippen MR) is 125 cm³/mol. The van der Waals surface area contributed by atoms with Gasteiger partial charge in [0.25, 0.3) is 5.22 Å². The lowest BCUT2D eigenvalue weighted by atomic mass is 9.92. The zero-order valence-electron chi connectivity index (χ0n) is 18.3. The zero-order chi connectivity index (χ0) is 22.6. The van der Waals surface area contributed by atoms with E-state index in [2.05, 4.69) is 36.3 Å². The van der Waals surface area contributed by atoms with Gasteiger partial charge in [-0.25, -0.2) is 4.68 Å². The van der Waals surface area contributed by atoms with Crippen LogP contribution in [0.15, 0.2) is 76.4 Å². The SMILES string of the molecule is CC(C)(C)c1cc(NC(=O)CSc2nnc(Cc3ccccc3)o2)n(-c2ccccc2)n1. The summed E-state index contributed by atoms with van der Waals surface area (Å²) in [5.74, 6) is 1.13. The molecular formula is C24H25N5O2S. The molecular weight excluding hydrogens is 422 g/mol. The van der Waals surface area contributed by atoms with Crippen molar-refractivity contribution in [3.8, 4) is 5.69 Å². The van der Waals surface area contributed by atoms with Crippen molar-refractivity contribution in [1.82, 2.24) is 20.0 Å². The van der Waals surface area contributed by atoms with Crippen LogP contribution in [0.5, 0.6) is 0 Å². The molecule has 0 saturated heterocycles. The van der Waals surface area contributed by atoms with Crippen molar-refractivity contribution in [2.45, 2.75) is 37.8 Å². The van der Waals surface area contributed by atoms with Crippen molar-refractivity contribution in [2.24, 2.45) is 0 Å². The predicted octanol–water partition coefficient (Wildman–Crippen LogP) is 4.87. The van der Waals surface area contributed by atoms with Crippen molar-refractivity contribution in [3.05, 3.63) is 83.9 Å². The average molecular weight is 448 g/mol. The van der Waals surface area contributed by atoms with Crippen LogP contribution in [0.3, 0.4) is 0 Å². The number of nitrogens with zero attached hydrogens (tertiary/aromatic N) is 4. The molecule has 0 fully saturated rings. The Morgan fingerprint density at radius 3 is 2.41 bits per heavy atom. The minimum absolute atomic E-state index is 0.146. The van der Waals surface area contributed by atoms with Crippen LogP contribution >= 0.6 is 11.8 Å². The van der Waals surface area contributed by atoms with E-state index in [-0.39, 0.29) is 17.1 Å². The minimum Gasteiger partial charge on any atom is -0.416 e. The van der Waals surface area contributed by atoms with Crippen LogP contribution in [0, 0.1) is 0 Å². The Labute approximate surface area is 191 Å². The highest BCUT2D eigenvalue weighted by molar-refractivity contribution is 7.99. The molecule has 0 spiro atoms. The number of thioether (sulfide) groups is 1. The van der Waals surface area contributed by atoms with Gasteiger partial charge in [0.15, 0.2) is 0 Å². The van der Waals surface area contributed by atoms with Crippen molar-refractivity contribution in [3.63, 3.8) is 0 Å². The quantitative estimate of drug-likeness (QED) is 0.407. The molecule has 164 valence electrons. The second kappa shape index (κ2) is 9.40. The normalized spacial score (nSPS) is 11.5. The maximum atomic E-state index is 12.7. The van der Waals surface area contributed by atoms with Gasteiger partial charge in [-0.15, -0.1) is 10.2 Å². The van der Waals surface area contributed by atoms with Crippen LogP contribution in [-0.4, -0.2) is 31.6 Å². The lowest BCUT2D eigenvalue weighted by molar-refractivity contribution is -0.113. The highest BCUT2D eigenvalue weighted by Gasteiger charge is 2.21. The number of amides is 1. The molecule has 0 aliphatic carbocycles. The molecule has 0 unspecified atom stereocenters. The number of anilines is 1. The number of benzene rings is 2. The summed E-state index contributed by atoms with van der Waals surface area (Å²) in [6, 6.07) is 21.6. The fourth-order valence-corrected chi connectivity index (χ4v) is 3.63. The number of carbonyl (C=O) groups is 1. The second-order valence-corrected chi connectivity index (χ2v) is 9.30. The number of para-hydroxylation sites is 1. The molecule has 1 N–H and O–H groups in total. The maximum absolute atomic E-state index is 12.7. The van der Waals surface area contributed by atoms with Crippen LogP contribution in [0.25, 0.3) is 5.69 Å². The Morgan fingerprint density at radius 2 is 1.72 bits per heavy atom. The molecule has 0 radical (unpaired) electrons. The van der Waals surface area contributed by atoms with E-state index < -0.39 is 0 Å². The standard InChI is InChI=1S/C24H25N5O2S/c1-24(2,3)19-15-20(29(28-19)18-12-8-5-9-13-18)25-21(30)16-32-23-27-26-22(31-23)14-17-10-6-4-7-11-17/h4-13,15H,14,16H2,1-3H3,(H,25,30). The first kappa shape index (κ1) is 21.8. The molecule has 2 aromatic heterocycles. The van der Waals surface area contributed by atoms with E-state index in [1.807, 2.05) is 66.7 Å². The fraction of sp³-hybridized carbons (Fsp3) is 0.250. The monoisotopic (exact) mass is 447 g/mol. The first-order valence-electron chi connectivity index (χ1n) is 10.3. The van der Waals surface area contributed by atoms with Crippen LogP contribution in [0.1, 0.15) is 37.9 Å². The molecule has 1 amide bonds. The Balaban J connectivity index is 1.42. The van der Waals surface area contributed by atoms with Crippen LogP contribution < -0.4 is 5.32 Å². The zero-order valence-corrected chi connectivity index (χ0v) is 19.1. The summed E-state index contributed by atoms with van der Waals surface area (Å²) < 4.78 is 7.43. The first-order valence-corrected chi connectivity index (χ1v) is 11.3. The molecule has 4 rings (SSSR count). The van der Waals surface area contributed by atoms with Gasteiger partial charge in [0.05, 0.1) is 23.6 Å². The second-order valence-electron chi connectivity index (χ2n) is 8.37. The summed E-state index contributed by atoms with van der Waals surface area (Å²) >= 11 is 1.21. The van der Waals surface area contributed by atoms with Gasteiger partial charge < -0.3 is 9.73 Å². The maximum Gasteiger partial charge on any atom is 0.277 e. The number of rotatable bonds is 7. The number of hydrogen-bond donors (Lipinski definition) is 1. The van der Waals surface area contributed by atoms with E-state index in [0.29, 0.717) is 23.4 Å². The molecule has 32 heavy (non-hydrogen) atoms. The van der Waals surface area contributed by atoms with Crippen molar-refractivity contribution >= 4 is 23.5 Å². The smallest absolute Gasteiger partial charge is 0.277 e. The average Bonchev–Trinajstić information content (AvgIpc) is 3.40. The molecule has 0 saturated carbocycles. The third-order valence-corrected chi connectivity index (χ3v) is 5.54. The van der Waals surface area contributed by atoms with Gasteiger partial charge >= 0.3 is 0 Å². The van der Waals surface area contributed by atoms with E-state index >= 15 is 0 Å². The lowest BCUT2D eigenvalue weighted by Gasteiger charge is -2.14. The first-order chi connectivity index (χ1) is 15.4. The van der Waals surface area contributed by atoms with Crippen molar-refractivity contribution in [1.29, 1.82) is 0 Å². The van der Waals surface area contributed by atoms with E-state index in [0.717, 1.165) is 16.9 Å². The fourth-order valence-electron chi connectivity index (χ4n) is 3.05. The van der Waals surface area contributed by atoms with E-state index in [4.69, 9.17) is 9.52 Å². The lowest BCUT2D eigenvalue weighted by Crippen LogP contribution is -2.17. The van der Waals surface area contributed by atoms with Crippen LogP contribution in [0.2, 0.25) is 0 Å². The number of nitrogens with one attached hydrogen (secondary N) is 1. The van der Waals surface area contributed by atoms with Gasteiger partial charge in [-0.3, -0.25) is 4.79 Å². The molecule has 8 heteroatoms. The summed E-state index contributed by atoms with van der Waals surface area (Å²) in [4.78, 5) is 12.7. The summed E-state index contributed by atoms with van der Waals surface area (Å²) in [6.45, 7) is 6.28. The summed E-state index contributed by atoms with van der Waals surface area (Å²) in [6.07, 6.45) is 0.562. The molecule has 0 atom stereocenters. The number of carbonyl (C=O) groups excluding carboxylic acids is 1. The molecule has 0 bridgehead atoms. The van der Waals surface area contributed by atoms with E-state index in [1.54, 1.807) is 4.68 Å². The minimum atomic E-state index is -0.171. The van der Waals surface area contributed by atoms with Crippen molar-refractivity contribution in [2.75, 3.05) is 11.1 Å². The molecule has 2 aromatic carbocycles. The highest BCUT2D eigenvalue weighted by Crippen LogP contribution is 2.26. The summed E-state index contributed by atoms with van der Waals surface area (Å²) in [5.41, 5.74) is 2.72. The van der Waals surface area contributed by atoms with Gasteiger partial charge in [0.1, 0.15) is 5.82 Å². The molecule has 2 heterocycles. The molecule has 0 aliphatic heterocycles. The van der Waals surface area contributed by atoms with Crippen molar-refractivity contribution < 1.29 is 9.21 Å². The van der Waals surface area contributed by atoms with E-state index in [9.17, 15) is 4.79 Å². The van der Waals surface area contributed by atoms with Crippen LogP contribution in [-0.2, 0) is 16.6 Å². The van der Waals surface area contributed by atoms with E-state index in [1.165, 1.54) is 11.8 Å². The number of hydrogen-bond acceptors (Lipinski definition) is 6. The molecule has 4 aromatic rings. The Bertz CT molecular complexity index is 1180. The largest absolute Gasteiger partial charge is 0.416 e. The number of aromatic nitrogens is 4. The molecule has 7 nitrogen and oxygen atoms in total. The van der Waals surface area contributed by atoms with Gasteiger partial charge in [0, 0.05) is 11.5 Å². The van der Waals surface area contributed by atoms with Gasteiger partial charge in [-0.1, -0.05) is 81.1 Å². The Morgan fingerprint density at radius 1 is 1.03 bits per heavy atom. The third kappa shape index (κ3) is 5.45. The van der Waals surface area contributed by atoms with Gasteiger partial charge in [0.2, 0.25) is 11.8 Å². The third-order valence-electron chi connectivity index (χ3n) is 4.72. The molecule has 0 aliphatic rings. The van der Waals surface area contributed by atoms with Gasteiger partial charge in [-0.2, -0.15) is 5.10 Å².